The maximum absolute atomic E-state index is 12.0. The van der Waals surface area contributed by atoms with Crippen LogP contribution in [-0.2, 0) is 6.54 Å². The average molecular weight is 244 g/mol. The van der Waals surface area contributed by atoms with Crippen molar-refractivity contribution in [3.8, 4) is 0 Å². The Morgan fingerprint density at radius 1 is 1.62 bits per heavy atom. The second-order valence-electron chi connectivity index (χ2n) is 3.83. The predicted octanol–water partition coefficient (Wildman–Crippen LogP) is 2.26. The van der Waals surface area contributed by atoms with E-state index < -0.39 is 0 Å². The number of aromatic nitrogens is 2. The lowest BCUT2D eigenvalue weighted by atomic mass is 10.0. The highest BCUT2D eigenvalue weighted by Crippen LogP contribution is 2.18. The Balaban J connectivity index is 2.75. The molecule has 0 amide bonds. The van der Waals surface area contributed by atoms with E-state index in [2.05, 4.69) is 5.10 Å². The molecule has 1 rings (SSSR count). The lowest BCUT2D eigenvalue weighted by Crippen LogP contribution is -2.25. The van der Waals surface area contributed by atoms with Gasteiger partial charge in [-0.05, 0) is 13.3 Å². The Kier molecular flexibility index (Phi) is 4.96. The monoisotopic (exact) mass is 243 g/mol. The molecule has 1 atom stereocenters. The number of hydrogen-bond acceptors (Lipinski definition) is 3. The molecule has 0 spiro atoms. The predicted molar refractivity (Wildman–Crippen MR) is 64.7 cm³/mol. The summed E-state index contributed by atoms with van der Waals surface area (Å²) in [6, 6.07) is -0.0891. The van der Waals surface area contributed by atoms with Gasteiger partial charge in [-0.1, -0.05) is 24.9 Å². The van der Waals surface area contributed by atoms with Crippen molar-refractivity contribution in [1.82, 2.24) is 9.78 Å². The van der Waals surface area contributed by atoms with Crippen molar-refractivity contribution in [3.63, 3.8) is 0 Å². The highest BCUT2D eigenvalue weighted by Gasteiger charge is 2.18. The molecule has 0 saturated heterocycles. The minimum Gasteiger partial charge on any atom is -0.327 e. The third-order valence-electron chi connectivity index (χ3n) is 2.47. The van der Waals surface area contributed by atoms with Crippen LogP contribution >= 0.6 is 11.6 Å². The van der Waals surface area contributed by atoms with Crippen LogP contribution in [-0.4, -0.2) is 21.6 Å². The SMILES string of the molecule is CCCC(N)CC(=O)c1c(Cl)cnn1CC. The van der Waals surface area contributed by atoms with Gasteiger partial charge in [0, 0.05) is 19.0 Å². The van der Waals surface area contributed by atoms with Crippen molar-refractivity contribution < 1.29 is 4.79 Å². The molecule has 1 aromatic rings. The summed E-state index contributed by atoms with van der Waals surface area (Å²) < 4.78 is 1.61. The molecule has 0 aliphatic heterocycles. The summed E-state index contributed by atoms with van der Waals surface area (Å²) in [5, 5.41) is 4.44. The molecule has 1 aromatic heterocycles. The molecule has 1 unspecified atom stereocenters. The van der Waals surface area contributed by atoms with Crippen molar-refractivity contribution in [2.75, 3.05) is 0 Å². The summed E-state index contributed by atoms with van der Waals surface area (Å²) in [6.45, 7) is 4.61. The summed E-state index contributed by atoms with van der Waals surface area (Å²) in [7, 11) is 0. The van der Waals surface area contributed by atoms with Crippen molar-refractivity contribution in [2.45, 2.75) is 45.7 Å². The fourth-order valence-electron chi connectivity index (χ4n) is 1.69. The summed E-state index contributed by atoms with van der Waals surface area (Å²) in [6.07, 6.45) is 3.67. The molecule has 0 saturated carbocycles. The number of ketones is 1. The van der Waals surface area contributed by atoms with Crippen LogP contribution < -0.4 is 5.73 Å². The first-order chi connectivity index (χ1) is 7.60. The summed E-state index contributed by atoms with van der Waals surface area (Å²) in [5.41, 5.74) is 6.32. The van der Waals surface area contributed by atoms with Gasteiger partial charge in [0.15, 0.2) is 5.78 Å². The quantitative estimate of drug-likeness (QED) is 0.780. The van der Waals surface area contributed by atoms with Crippen LogP contribution in [0.4, 0.5) is 0 Å². The first kappa shape index (κ1) is 13.2. The number of nitrogens with two attached hydrogens (primary N) is 1. The Morgan fingerprint density at radius 3 is 2.88 bits per heavy atom. The molecule has 0 aromatic carbocycles. The lowest BCUT2D eigenvalue weighted by molar-refractivity contribution is 0.0963. The Morgan fingerprint density at radius 2 is 2.31 bits per heavy atom. The number of nitrogens with zero attached hydrogens (tertiary/aromatic N) is 2. The van der Waals surface area contributed by atoms with Crippen molar-refractivity contribution in [2.24, 2.45) is 5.73 Å². The number of rotatable bonds is 6. The standard InChI is InChI=1S/C11H18ClN3O/c1-3-5-8(13)6-10(16)11-9(12)7-14-15(11)4-2/h7-8H,3-6,13H2,1-2H3. The van der Waals surface area contributed by atoms with Gasteiger partial charge in [0.2, 0.25) is 0 Å². The van der Waals surface area contributed by atoms with Crippen LogP contribution in [0.3, 0.4) is 0 Å². The molecule has 0 fully saturated rings. The fourth-order valence-corrected chi connectivity index (χ4v) is 1.93. The second-order valence-corrected chi connectivity index (χ2v) is 4.24. The van der Waals surface area contributed by atoms with Crippen molar-refractivity contribution in [1.29, 1.82) is 0 Å². The summed E-state index contributed by atoms with van der Waals surface area (Å²) in [4.78, 5) is 12.0. The molecular weight excluding hydrogens is 226 g/mol. The van der Waals surface area contributed by atoms with Gasteiger partial charge in [0.25, 0.3) is 0 Å². The highest BCUT2D eigenvalue weighted by atomic mass is 35.5. The van der Waals surface area contributed by atoms with Crippen LogP contribution in [0, 0.1) is 0 Å². The zero-order valence-corrected chi connectivity index (χ0v) is 10.5. The first-order valence-electron chi connectivity index (χ1n) is 5.60. The lowest BCUT2D eigenvalue weighted by Gasteiger charge is -2.10. The van der Waals surface area contributed by atoms with Crippen molar-refractivity contribution >= 4 is 17.4 Å². The van der Waals surface area contributed by atoms with Gasteiger partial charge < -0.3 is 5.73 Å². The molecule has 0 bridgehead atoms. The Bertz CT molecular complexity index is 362. The minimum absolute atomic E-state index is 0.0229. The Labute approximate surface area is 101 Å². The van der Waals surface area contributed by atoms with Gasteiger partial charge in [-0.3, -0.25) is 9.48 Å². The highest BCUT2D eigenvalue weighted by molar-refractivity contribution is 6.33. The number of carbonyl (C=O) groups is 1. The zero-order chi connectivity index (χ0) is 12.1. The maximum Gasteiger partial charge on any atom is 0.183 e. The van der Waals surface area contributed by atoms with E-state index in [1.807, 2.05) is 13.8 Å². The third-order valence-corrected chi connectivity index (χ3v) is 2.74. The van der Waals surface area contributed by atoms with E-state index >= 15 is 0 Å². The number of Topliss-reactive ketones (excluding diaryl/α,β-unsaturated/α-hetero) is 1. The molecule has 90 valence electrons. The Hall–Kier alpha value is -0.870. The maximum atomic E-state index is 12.0. The zero-order valence-electron chi connectivity index (χ0n) is 9.74. The second kappa shape index (κ2) is 6.01. The molecule has 5 heteroatoms. The smallest absolute Gasteiger partial charge is 0.183 e. The van der Waals surface area contributed by atoms with Gasteiger partial charge in [-0.15, -0.1) is 0 Å². The largest absolute Gasteiger partial charge is 0.327 e. The molecule has 0 radical (unpaired) electrons. The van der Waals surface area contributed by atoms with Crippen LogP contribution in [0.15, 0.2) is 6.20 Å². The van der Waals surface area contributed by atoms with E-state index in [4.69, 9.17) is 17.3 Å². The van der Waals surface area contributed by atoms with E-state index in [9.17, 15) is 4.79 Å². The van der Waals surface area contributed by atoms with Crippen LogP contribution in [0.1, 0.15) is 43.6 Å². The van der Waals surface area contributed by atoms with E-state index in [1.165, 1.54) is 6.20 Å². The van der Waals surface area contributed by atoms with E-state index in [0.717, 1.165) is 12.8 Å². The molecular formula is C11H18ClN3O. The van der Waals surface area contributed by atoms with E-state index in [-0.39, 0.29) is 11.8 Å². The number of halogens is 1. The normalized spacial score (nSPS) is 12.8. The number of aryl methyl sites for hydroxylation is 1. The van der Waals surface area contributed by atoms with Crippen LogP contribution in [0.25, 0.3) is 0 Å². The van der Waals surface area contributed by atoms with Crippen LogP contribution in [0.2, 0.25) is 5.02 Å². The first-order valence-corrected chi connectivity index (χ1v) is 5.98. The van der Waals surface area contributed by atoms with Gasteiger partial charge in [0.05, 0.1) is 11.2 Å². The number of hydrogen-bond donors (Lipinski definition) is 1. The van der Waals surface area contributed by atoms with E-state index in [1.54, 1.807) is 4.68 Å². The van der Waals surface area contributed by atoms with Gasteiger partial charge in [-0.2, -0.15) is 5.10 Å². The topological polar surface area (TPSA) is 60.9 Å². The van der Waals surface area contributed by atoms with Gasteiger partial charge >= 0.3 is 0 Å². The fraction of sp³-hybridized carbons (Fsp3) is 0.636. The van der Waals surface area contributed by atoms with Gasteiger partial charge in [0.1, 0.15) is 5.69 Å². The van der Waals surface area contributed by atoms with Crippen LogP contribution in [0.5, 0.6) is 0 Å². The molecule has 16 heavy (non-hydrogen) atoms. The van der Waals surface area contributed by atoms with Gasteiger partial charge in [-0.25, -0.2) is 0 Å². The number of carbonyl (C=O) groups excluding carboxylic acids is 1. The minimum atomic E-state index is -0.0891. The average Bonchev–Trinajstić information content (AvgIpc) is 2.59. The molecule has 1 heterocycles. The summed E-state index contributed by atoms with van der Waals surface area (Å²) in [5.74, 6) is -0.0229. The third kappa shape index (κ3) is 3.06. The molecule has 4 nitrogen and oxygen atoms in total. The van der Waals surface area contributed by atoms with Crippen molar-refractivity contribution in [3.05, 3.63) is 16.9 Å². The molecule has 0 aliphatic carbocycles. The molecule has 0 aliphatic rings. The van der Waals surface area contributed by atoms with E-state index in [0.29, 0.717) is 23.7 Å². The molecule has 2 N–H and O–H groups in total. The summed E-state index contributed by atoms with van der Waals surface area (Å²) >= 11 is 5.93.